The normalized spacial score (nSPS) is 11.8. The van der Waals surface area contributed by atoms with Crippen molar-refractivity contribution in [3.63, 3.8) is 0 Å². The average molecular weight is 347 g/mol. The van der Waals surface area contributed by atoms with Crippen LogP contribution in [0.2, 0.25) is 0 Å². The van der Waals surface area contributed by atoms with E-state index >= 15 is 0 Å². The van der Waals surface area contributed by atoms with E-state index in [0.717, 1.165) is 16.4 Å². The molecule has 1 aromatic carbocycles. The molecule has 0 fully saturated rings. The Hall–Kier alpha value is -2.68. The molecular weight excluding hydrogens is 330 g/mol. The van der Waals surface area contributed by atoms with Gasteiger partial charge in [0.05, 0.1) is 5.25 Å². The van der Waals surface area contributed by atoms with Gasteiger partial charge in [0, 0.05) is 11.3 Å². The fourth-order valence-corrected chi connectivity index (χ4v) is 2.56. The number of carbonyl (C=O) groups is 2. The number of benzene rings is 1. The van der Waals surface area contributed by atoms with Crippen molar-refractivity contribution in [3.8, 4) is 0 Å². The Labute approximate surface area is 142 Å². The van der Waals surface area contributed by atoms with Crippen molar-refractivity contribution >= 4 is 29.1 Å². The predicted octanol–water partition coefficient (Wildman–Crippen LogP) is 0.982. The molecule has 0 aliphatic carbocycles. The van der Waals surface area contributed by atoms with E-state index < -0.39 is 10.8 Å². The maximum absolute atomic E-state index is 12.2. The number of aryl methyl sites for hydroxylation is 1. The lowest BCUT2D eigenvalue weighted by molar-refractivity contribution is -0.115. The van der Waals surface area contributed by atoms with Gasteiger partial charge in [-0.2, -0.15) is 4.68 Å². The van der Waals surface area contributed by atoms with Gasteiger partial charge in [-0.3, -0.25) is 14.4 Å². The first-order valence-corrected chi connectivity index (χ1v) is 7.97. The maximum atomic E-state index is 12.2. The molecule has 0 unspecified atom stereocenters. The monoisotopic (exact) mass is 347 g/mol. The topological polar surface area (TPSA) is 120 Å². The molecule has 9 heteroatoms. The van der Waals surface area contributed by atoms with Gasteiger partial charge < -0.3 is 11.2 Å². The lowest BCUT2D eigenvalue weighted by Crippen LogP contribution is -2.33. The minimum atomic E-state index is -0.552. The van der Waals surface area contributed by atoms with Crippen molar-refractivity contribution in [2.45, 2.75) is 31.2 Å². The Morgan fingerprint density at radius 1 is 1.25 bits per heavy atom. The number of nitrogens with one attached hydrogen (secondary N) is 1. The van der Waals surface area contributed by atoms with Crippen LogP contribution in [-0.2, 0) is 4.79 Å². The molecule has 2 aromatic rings. The lowest BCUT2D eigenvalue weighted by atomic mass is 10.1. The molecule has 1 atom stereocenters. The molecule has 0 saturated heterocycles. The van der Waals surface area contributed by atoms with Crippen molar-refractivity contribution in [1.29, 1.82) is 0 Å². The quantitative estimate of drug-likeness (QED) is 0.470. The average Bonchev–Trinajstić information content (AvgIpc) is 2.55. The van der Waals surface area contributed by atoms with Crippen LogP contribution in [0.5, 0.6) is 0 Å². The van der Waals surface area contributed by atoms with Gasteiger partial charge in [0.25, 0.3) is 5.56 Å². The van der Waals surface area contributed by atoms with E-state index in [-0.39, 0.29) is 22.5 Å². The Morgan fingerprint density at radius 2 is 1.88 bits per heavy atom. The van der Waals surface area contributed by atoms with Crippen LogP contribution in [0.1, 0.15) is 29.9 Å². The van der Waals surface area contributed by atoms with Crippen LogP contribution in [0, 0.1) is 6.92 Å². The predicted molar refractivity (Wildman–Crippen MR) is 91.6 cm³/mol. The summed E-state index contributed by atoms with van der Waals surface area (Å²) in [5, 5.41) is 9.87. The highest BCUT2D eigenvalue weighted by Gasteiger charge is 2.18. The zero-order chi connectivity index (χ0) is 17.9. The Balaban J connectivity index is 2.06. The van der Waals surface area contributed by atoms with Crippen molar-refractivity contribution < 1.29 is 9.59 Å². The summed E-state index contributed by atoms with van der Waals surface area (Å²) >= 11 is 1.03. The summed E-state index contributed by atoms with van der Waals surface area (Å²) in [6.45, 7) is 4.64. The summed E-state index contributed by atoms with van der Waals surface area (Å²) in [7, 11) is 0. The number of rotatable bonds is 5. The van der Waals surface area contributed by atoms with Crippen molar-refractivity contribution in [1.82, 2.24) is 14.9 Å². The molecule has 2 rings (SSSR count). The van der Waals surface area contributed by atoms with Crippen LogP contribution >= 0.6 is 11.8 Å². The number of amides is 1. The number of nitrogen functional groups attached to an aromatic ring is 1. The molecule has 0 aliphatic heterocycles. The summed E-state index contributed by atoms with van der Waals surface area (Å²) in [5.74, 6) is 5.31. The fraction of sp³-hybridized carbons (Fsp3) is 0.267. The molecule has 1 heterocycles. The summed E-state index contributed by atoms with van der Waals surface area (Å²) in [6, 6.07) is 6.57. The zero-order valence-corrected chi connectivity index (χ0v) is 14.3. The van der Waals surface area contributed by atoms with E-state index in [1.807, 2.05) is 0 Å². The van der Waals surface area contributed by atoms with Crippen molar-refractivity contribution in [2.24, 2.45) is 0 Å². The van der Waals surface area contributed by atoms with Crippen molar-refractivity contribution in [2.75, 3.05) is 11.2 Å². The van der Waals surface area contributed by atoms with E-state index in [0.29, 0.717) is 11.3 Å². The summed E-state index contributed by atoms with van der Waals surface area (Å²) < 4.78 is 0.873. The Bertz CT molecular complexity index is 832. The molecule has 0 bridgehead atoms. The van der Waals surface area contributed by atoms with E-state index in [1.54, 1.807) is 31.2 Å². The molecule has 0 spiro atoms. The van der Waals surface area contributed by atoms with Gasteiger partial charge >= 0.3 is 0 Å². The van der Waals surface area contributed by atoms with Gasteiger partial charge in [-0.05, 0) is 45.0 Å². The van der Waals surface area contributed by atoms with Gasteiger partial charge in [-0.15, -0.1) is 10.2 Å². The number of carbonyl (C=O) groups excluding carboxylic acids is 2. The first kappa shape index (κ1) is 17.7. The number of hydrogen-bond donors (Lipinski definition) is 2. The third kappa shape index (κ3) is 3.99. The molecule has 0 radical (unpaired) electrons. The Kier molecular flexibility index (Phi) is 5.35. The number of Topliss-reactive ketones (excluding diaryl/α,β-unsaturated/α-hetero) is 1. The maximum Gasteiger partial charge on any atom is 0.294 e. The smallest absolute Gasteiger partial charge is 0.294 e. The second kappa shape index (κ2) is 7.26. The first-order valence-electron chi connectivity index (χ1n) is 7.09. The number of nitrogens with zero attached hydrogens (tertiary/aromatic N) is 3. The highest BCUT2D eigenvalue weighted by molar-refractivity contribution is 8.00. The van der Waals surface area contributed by atoms with Crippen molar-refractivity contribution in [3.05, 3.63) is 45.9 Å². The standard InChI is InChI=1S/C15H17N5O3S/c1-8-14(23)20(16)15(19-18-8)24-10(3)13(22)17-12-6-4-11(5-7-12)9(2)21/h4-7,10H,16H2,1-3H3,(H,17,22)/t10-/m0/s1. The second-order valence-corrected chi connectivity index (χ2v) is 6.43. The third-order valence-electron chi connectivity index (χ3n) is 3.23. The molecule has 3 N–H and O–H groups in total. The number of thioether (sulfide) groups is 1. The molecule has 0 aliphatic rings. The van der Waals surface area contributed by atoms with Gasteiger partial charge in [-0.1, -0.05) is 11.8 Å². The lowest BCUT2D eigenvalue weighted by Gasteiger charge is -2.13. The van der Waals surface area contributed by atoms with Crippen LogP contribution < -0.4 is 16.7 Å². The molecule has 1 aromatic heterocycles. The molecule has 0 saturated carbocycles. The van der Waals surface area contributed by atoms with E-state index in [9.17, 15) is 14.4 Å². The fourth-order valence-electron chi connectivity index (χ4n) is 1.79. The number of aromatic nitrogens is 3. The van der Waals surface area contributed by atoms with Crippen LogP contribution in [0.4, 0.5) is 5.69 Å². The number of nitrogens with two attached hydrogens (primary N) is 1. The Morgan fingerprint density at radius 3 is 2.46 bits per heavy atom. The largest absolute Gasteiger partial charge is 0.334 e. The number of anilines is 1. The summed E-state index contributed by atoms with van der Waals surface area (Å²) in [6.07, 6.45) is 0. The van der Waals surface area contributed by atoms with Crippen LogP contribution in [0.3, 0.4) is 0 Å². The van der Waals surface area contributed by atoms with Gasteiger partial charge in [0.15, 0.2) is 5.78 Å². The van der Waals surface area contributed by atoms with E-state index in [1.165, 1.54) is 13.8 Å². The molecule has 24 heavy (non-hydrogen) atoms. The summed E-state index contributed by atoms with van der Waals surface area (Å²) in [4.78, 5) is 35.2. The molecular formula is C15H17N5O3S. The highest BCUT2D eigenvalue weighted by atomic mass is 32.2. The van der Waals surface area contributed by atoms with Crippen LogP contribution in [-0.4, -0.2) is 31.8 Å². The molecule has 126 valence electrons. The van der Waals surface area contributed by atoms with E-state index in [4.69, 9.17) is 5.84 Å². The molecule has 1 amide bonds. The van der Waals surface area contributed by atoms with Gasteiger partial charge in [0.2, 0.25) is 11.1 Å². The van der Waals surface area contributed by atoms with Gasteiger partial charge in [-0.25, -0.2) is 0 Å². The zero-order valence-electron chi connectivity index (χ0n) is 13.4. The van der Waals surface area contributed by atoms with Gasteiger partial charge in [0.1, 0.15) is 5.69 Å². The number of hydrogen-bond acceptors (Lipinski definition) is 7. The van der Waals surface area contributed by atoms with Crippen LogP contribution in [0.25, 0.3) is 0 Å². The first-order chi connectivity index (χ1) is 11.3. The number of ketones is 1. The van der Waals surface area contributed by atoms with E-state index in [2.05, 4.69) is 15.5 Å². The van der Waals surface area contributed by atoms with Crippen LogP contribution in [0.15, 0.2) is 34.2 Å². The highest BCUT2D eigenvalue weighted by Crippen LogP contribution is 2.20. The minimum Gasteiger partial charge on any atom is -0.334 e. The summed E-state index contributed by atoms with van der Waals surface area (Å²) in [5.41, 5.74) is 0.861. The minimum absolute atomic E-state index is 0.0457. The molecule has 8 nitrogen and oxygen atoms in total. The second-order valence-electron chi connectivity index (χ2n) is 5.13. The SMILES string of the molecule is CC(=O)c1ccc(NC(=O)[C@H](C)Sc2nnc(C)c(=O)n2N)cc1. The third-order valence-corrected chi connectivity index (χ3v) is 4.29.